The summed E-state index contributed by atoms with van der Waals surface area (Å²) in [4.78, 5) is 17.7. The molecule has 0 spiro atoms. The predicted molar refractivity (Wildman–Crippen MR) is 89.7 cm³/mol. The van der Waals surface area contributed by atoms with Crippen LogP contribution in [0.25, 0.3) is 0 Å². The summed E-state index contributed by atoms with van der Waals surface area (Å²) >= 11 is 0. The Labute approximate surface area is 137 Å². The summed E-state index contributed by atoms with van der Waals surface area (Å²) in [6.07, 6.45) is 1.01. The van der Waals surface area contributed by atoms with E-state index in [1.165, 1.54) is 12.1 Å². The monoisotopic (exact) mass is 323 g/mol. The maximum atomic E-state index is 13.2. The molecule has 1 aromatic carbocycles. The lowest BCUT2D eigenvalue weighted by atomic mass is 10.2. The van der Waals surface area contributed by atoms with Crippen molar-refractivity contribution < 1.29 is 13.9 Å². The largest absolute Gasteiger partial charge is 0.466 e. The normalized spacial score (nSPS) is 11.2. The van der Waals surface area contributed by atoms with Crippen molar-refractivity contribution in [2.24, 2.45) is 4.99 Å². The Morgan fingerprint density at radius 1 is 1.39 bits per heavy atom. The highest BCUT2D eigenvalue weighted by Crippen LogP contribution is 2.06. The molecule has 0 atom stereocenters. The summed E-state index contributed by atoms with van der Waals surface area (Å²) < 4.78 is 18.1. The molecule has 6 heteroatoms. The van der Waals surface area contributed by atoms with Crippen LogP contribution < -0.4 is 5.32 Å². The van der Waals surface area contributed by atoms with E-state index in [0.717, 1.165) is 18.1 Å². The molecule has 0 aliphatic rings. The van der Waals surface area contributed by atoms with Crippen molar-refractivity contribution in [3.8, 4) is 0 Å². The Morgan fingerprint density at radius 3 is 2.83 bits per heavy atom. The third-order valence-electron chi connectivity index (χ3n) is 3.11. The first-order chi connectivity index (χ1) is 11.1. The number of halogens is 1. The van der Waals surface area contributed by atoms with Gasteiger partial charge in [-0.1, -0.05) is 12.1 Å². The van der Waals surface area contributed by atoms with E-state index in [4.69, 9.17) is 4.74 Å². The van der Waals surface area contributed by atoms with Crippen LogP contribution in [0, 0.1) is 5.82 Å². The van der Waals surface area contributed by atoms with Crippen LogP contribution in [0.2, 0.25) is 0 Å². The van der Waals surface area contributed by atoms with E-state index in [2.05, 4.69) is 10.3 Å². The van der Waals surface area contributed by atoms with Gasteiger partial charge in [-0.25, -0.2) is 4.39 Å². The standard InChI is InChI=1S/C17H26FN3O2/c1-4-19-17(20-11-7-10-16(22)23-5-2)21(3)13-14-8-6-9-15(18)12-14/h6,8-9,12H,4-5,7,10-11,13H2,1-3H3,(H,19,20). The number of benzene rings is 1. The lowest BCUT2D eigenvalue weighted by Gasteiger charge is -2.22. The predicted octanol–water partition coefficient (Wildman–Crippen LogP) is 2.57. The zero-order chi connectivity index (χ0) is 17.1. The molecule has 0 heterocycles. The highest BCUT2D eigenvalue weighted by atomic mass is 19.1. The van der Waals surface area contributed by atoms with Crippen LogP contribution in [0.5, 0.6) is 0 Å². The second-order valence-corrected chi connectivity index (χ2v) is 5.13. The molecule has 5 nitrogen and oxygen atoms in total. The highest BCUT2D eigenvalue weighted by Gasteiger charge is 2.07. The molecule has 0 unspecified atom stereocenters. The van der Waals surface area contributed by atoms with Gasteiger partial charge in [-0.3, -0.25) is 9.79 Å². The number of nitrogens with zero attached hydrogens (tertiary/aromatic N) is 2. The first-order valence-electron chi connectivity index (χ1n) is 7.96. The minimum Gasteiger partial charge on any atom is -0.466 e. The van der Waals surface area contributed by atoms with Gasteiger partial charge < -0.3 is 15.0 Å². The average Bonchev–Trinajstić information content (AvgIpc) is 2.50. The van der Waals surface area contributed by atoms with Crippen molar-refractivity contribution >= 4 is 11.9 Å². The van der Waals surface area contributed by atoms with Crippen molar-refractivity contribution in [3.05, 3.63) is 35.6 Å². The molecule has 23 heavy (non-hydrogen) atoms. The van der Waals surface area contributed by atoms with E-state index in [0.29, 0.717) is 32.5 Å². The van der Waals surface area contributed by atoms with Crippen LogP contribution in [-0.4, -0.2) is 43.6 Å². The van der Waals surface area contributed by atoms with E-state index in [-0.39, 0.29) is 11.8 Å². The molecule has 0 saturated carbocycles. The fourth-order valence-electron chi connectivity index (χ4n) is 2.10. The number of carbonyl (C=O) groups is 1. The summed E-state index contributed by atoms with van der Waals surface area (Å²) in [5.74, 6) is 0.300. The van der Waals surface area contributed by atoms with Crippen LogP contribution in [-0.2, 0) is 16.1 Å². The number of hydrogen-bond acceptors (Lipinski definition) is 3. The molecular formula is C17H26FN3O2. The fraction of sp³-hybridized carbons (Fsp3) is 0.529. The van der Waals surface area contributed by atoms with Gasteiger partial charge in [-0.2, -0.15) is 0 Å². The molecule has 1 N–H and O–H groups in total. The Balaban J connectivity index is 2.54. The molecule has 128 valence electrons. The second-order valence-electron chi connectivity index (χ2n) is 5.13. The molecule has 0 aliphatic carbocycles. The number of guanidine groups is 1. The molecule has 0 saturated heterocycles. The van der Waals surface area contributed by atoms with E-state index in [1.807, 2.05) is 24.9 Å². The molecule has 1 aromatic rings. The first-order valence-corrected chi connectivity index (χ1v) is 7.96. The zero-order valence-corrected chi connectivity index (χ0v) is 14.1. The molecule has 0 amide bonds. The Hall–Kier alpha value is -2.11. The molecule has 0 bridgehead atoms. The summed E-state index contributed by atoms with van der Waals surface area (Å²) in [5, 5.41) is 3.20. The van der Waals surface area contributed by atoms with Gasteiger partial charge in [0.05, 0.1) is 6.61 Å². The fourth-order valence-corrected chi connectivity index (χ4v) is 2.10. The van der Waals surface area contributed by atoms with Gasteiger partial charge in [-0.05, 0) is 38.0 Å². The van der Waals surface area contributed by atoms with E-state index >= 15 is 0 Å². The highest BCUT2D eigenvalue weighted by molar-refractivity contribution is 5.79. The van der Waals surface area contributed by atoms with Crippen molar-refractivity contribution in [3.63, 3.8) is 0 Å². The lowest BCUT2D eigenvalue weighted by Crippen LogP contribution is -2.38. The number of esters is 1. The number of rotatable bonds is 8. The van der Waals surface area contributed by atoms with Crippen LogP contribution >= 0.6 is 0 Å². The van der Waals surface area contributed by atoms with E-state index in [1.54, 1.807) is 13.0 Å². The van der Waals surface area contributed by atoms with Gasteiger partial charge in [0.15, 0.2) is 5.96 Å². The van der Waals surface area contributed by atoms with Crippen LogP contribution in [0.1, 0.15) is 32.3 Å². The van der Waals surface area contributed by atoms with E-state index < -0.39 is 0 Å². The summed E-state index contributed by atoms with van der Waals surface area (Å²) in [6.45, 7) is 6.02. The Morgan fingerprint density at radius 2 is 2.17 bits per heavy atom. The minimum absolute atomic E-state index is 0.194. The topological polar surface area (TPSA) is 53.9 Å². The summed E-state index contributed by atoms with van der Waals surface area (Å²) in [7, 11) is 1.90. The number of ether oxygens (including phenoxy) is 1. The lowest BCUT2D eigenvalue weighted by molar-refractivity contribution is -0.143. The number of aliphatic imine (C=N–C) groups is 1. The molecule has 0 aliphatic heterocycles. The molecule has 0 fully saturated rings. The Bertz CT molecular complexity index is 520. The van der Waals surface area contributed by atoms with Crippen LogP contribution in [0.3, 0.4) is 0 Å². The van der Waals surface area contributed by atoms with Crippen LogP contribution in [0.15, 0.2) is 29.3 Å². The van der Waals surface area contributed by atoms with Crippen molar-refractivity contribution in [2.75, 3.05) is 26.7 Å². The van der Waals surface area contributed by atoms with Gasteiger partial charge in [0.1, 0.15) is 5.82 Å². The summed E-state index contributed by atoms with van der Waals surface area (Å²) in [5.41, 5.74) is 0.879. The quantitative estimate of drug-likeness (QED) is 0.346. The maximum Gasteiger partial charge on any atom is 0.305 e. The van der Waals surface area contributed by atoms with Crippen LogP contribution in [0.4, 0.5) is 4.39 Å². The van der Waals surface area contributed by atoms with E-state index in [9.17, 15) is 9.18 Å². The third kappa shape index (κ3) is 7.63. The zero-order valence-electron chi connectivity index (χ0n) is 14.1. The van der Waals surface area contributed by atoms with Crippen molar-refractivity contribution in [1.29, 1.82) is 0 Å². The minimum atomic E-state index is -0.243. The van der Waals surface area contributed by atoms with Gasteiger partial charge in [0.25, 0.3) is 0 Å². The number of hydrogen-bond donors (Lipinski definition) is 1. The summed E-state index contributed by atoms with van der Waals surface area (Å²) in [6, 6.07) is 6.52. The molecule has 1 rings (SSSR count). The number of carbonyl (C=O) groups excluding carboxylic acids is 1. The molecule has 0 radical (unpaired) electrons. The smallest absolute Gasteiger partial charge is 0.305 e. The van der Waals surface area contributed by atoms with Gasteiger partial charge in [0, 0.05) is 33.1 Å². The maximum absolute atomic E-state index is 13.2. The van der Waals surface area contributed by atoms with Crippen molar-refractivity contribution in [2.45, 2.75) is 33.2 Å². The Kier molecular flexibility index (Phi) is 8.72. The van der Waals surface area contributed by atoms with Gasteiger partial charge >= 0.3 is 5.97 Å². The van der Waals surface area contributed by atoms with Gasteiger partial charge in [-0.15, -0.1) is 0 Å². The van der Waals surface area contributed by atoms with Crippen molar-refractivity contribution in [1.82, 2.24) is 10.2 Å². The van der Waals surface area contributed by atoms with Gasteiger partial charge in [0.2, 0.25) is 0 Å². The SMILES string of the molecule is CCNC(=NCCCC(=O)OCC)N(C)Cc1cccc(F)c1. The first kappa shape index (κ1) is 18.9. The molecular weight excluding hydrogens is 297 g/mol. The molecule has 0 aromatic heterocycles. The number of nitrogens with one attached hydrogen (secondary N) is 1. The average molecular weight is 323 g/mol. The second kappa shape index (κ2) is 10.6. The third-order valence-corrected chi connectivity index (χ3v) is 3.11.